The number of aliphatic hydroxyl groups is 1. The van der Waals surface area contributed by atoms with Crippen molar-refractivity contribution in [2.45, 2.75) is 6.61 Å². The summed E-state index contributed by atoms with van der Waals surface area (Å²) in [5.41, 5.74) is 1.88. The van der Waals surface area contributed by atoms with Gasteiger partial charge in [-0.15, -0.1) is 0 Å². The van der Waals surface area contributed by atoms with Gasteiger partial charge in [0, 0.05) is 5.56 Å². The monoisotopic (exact) mass is 135 g/mol. The zero-order valence-electron chi connectivity index (χ0n) is 5.37. The van der Waals surface area contributed by atoms with Gasteiger partial charge in [0.05, 0.1) is 6.61 Å². The molecule has 0 bridgehead atoms. The molecule has 0 fully saturated rings. The van der Waals surface area contributed by atoms with E-state index in [2.05, 4.69) is 0 Å². The molecule has 1 radical (unpaired) electrons. The van der Waals surface area contributed by atoms with E-state index in [-0.39, 0.29) is 6.29 Å². The summed E-state index contributed by atoms with van der Waals surface area (Å²) in [6.45, 7) is 0.502. The van der Waals surface area contributed by atoms with Gasteiger partial charge in [-0.3, -0.25) is 0 Å². The van der Waals surface area contributed by atoms with E-state index in [0.717, 1.165) is 11.1 Å². The fourth-order valence-electron chi connectivity index (χ4n) is 1.08. The number of rotatable bonds is 0. The number of hydrogen-bond donors (Lipinski definition) is 1. The highest BCUT2D eigenvalue weighted by atomic mass is 16.6. The van der Waals surface area contributed by atoms with Crippen LogP contribution in [0.25, 0.3) is 0 Å². The molecule has 0 aliphatic carbocycles. The molecular weight excluding hydrogens is 128 g/mol. The van der Waals surface area contributed by atoms with Crippen molar-refractivity contribution < 1.29 is 9.84 Å². The average molecular weight is 135 g/mol. The maximum Gasteiger partial charge on any atom is 0.254 e. The van der Waals surface area contributed by atoms with E-state index in [4.69, 9.17) is 9.84 Å². The molecule has 2 heteroatoms. The summed E-state index contributed by atoms with van der Waals surface area (Å²) >= 11 is 0. The van der Waals surface area contributed by atoms with Crippen LogP contribution in [0.5, 0.6) is 0 Å². The van der Waals surface area contributed by atoms with E-state index < -0.39 is 0 Å². The van der Waals surface area contributed by atoms with Gasteiger partial charge < -0.3 is 9.84 Å². The van der Waals surface area contributed by atoms with Crippen LogP contribution < -0.4 is 0 Å². The first-order valence-electron chi connectivity index (χ1n) is 3.15. The van der Waals surface area contributed by atoms with Gasteiger partial charge in [0.1, 0.15) is 0 Å². The van der Waals surface area contributed by atoms with Crippen LogP contribution in [0.4, 0.5) is 0 Å². The topological polar surface area (TPSA) is 29.5 Å². The van der Waals surface area contributed by atoms with Crippen molar-refractivity contribution in [3.63, 3.8) is 0 Å². The molecule has 1 aromatic rings. The summed E-state index contributed by atoms with van der Waals surface area (Å²) < 4.78 is 4.90. The lowest BCUT2D eigenvalue weighted by Gasteiger charge is -1.96. The molecule has 1 heterocycles. The molecule has 2 rings (SSSR count). The molecule has 10 heavy (non-hydrogen) atoms. The standard InChI is InChI=1S/C8H7O2/c9-8-7-4-2-1-3-6(7)5-10-8/h1-4,9H,5H2. The molecule has 0 aromatic heterocycles. The van der Waals surface area contributed by atoms with Crippen LogP contribution in [0.3, 0.4) is 0 Å². The lowest BCUT2D eigenvalue weighted by molar-refractivity contribution is 0.0384. The Hall–Kier alpha value is -0.860. The second-order valence-corrected chi connectivity index (χ2v) is 2.25. The van der Waals surface area contributed by atoms with E-state index >= 15 is 0 Å². The first-order valence-corrected chi connectivity index (χ1v) is 3.15. The smallest absolute Gasteiger partial charge is 0.254 e. The minimum atomic E-state index is 0.0515. The van der Waals surface area contributed by atoms with E-state index in [1.54, 1.807) is 0 Å². The van der Waals surface area contributed by atoms with Gasteiger partial charge in [-0.1, -0.05) is 24.3 Å². The van der Waals surface area contributed by atoms with E-state index in [0.29, 0.717) is 6.61 Å². The number of hydrogen-bond acceptors (Lipinski definition) is 2. The molecule has 0 saturated carbocycles. The van der Waals surface area contributed by atoms with Crippen molar-refractivity contribution in [2.75, 3.05) is 0 Å². The Morgan fingerprint density at radius 2 is 2.10 bits per heavy atom. The molecule has 0 saturated heterocycles. The maximum atomic E-state index is 9.08. The third-order valence-corrected chi connectivity index (χ3v) is 1.61. The maximum absolute atomic E-state index is 9.08. The SMILES string of the molecule is O[C]1OCc2ccccc21. The highest BCUT2D eigenvalue weighted by molar-refractivity contribution is 5.36. The van der Waals surface area contributed by atoms with Gasteiger partial charge >= 0.3 is 0 Å². The molecule has 0 atom stereocenters. The fraction of sp³-hybridized carbons (Fsp3) is 0.125. The Kier molecular flexibility index (Phi) is 1.22. The van der Waals surface area contributed by atoms with Crippen LogP contribution in [0, 0.1) is 6.29 Å². The molecule has 1 N–H and O–H groups in total. The second kappa shape index (κ2) is 2.08. The number of fused-ring (bicyclic) bond motifs is 1. The molecular formula is C8H7O2. The van der Waals surface area contributed by atoms with Crippen LogP contribution in [-0.2, 0) is 11.3 Å². The van der Waals surface area contributed by atoms with Gasteiger partial charge in [-0.05, 0) is 5.56 Å². The molecule has 0 amide bonds. The molecule has 0 unspecified atom stereocenters. The van der Waals surface area contributed by atoms with Gasteiger partial charge in [-0.25, -0.2) is 0 Å². The fourth-order valence-corrected chi connectivity index (χ4v) is 1.08. The van der Waals surface area contributed by atoms with Crippen molar-refractivity contribution in [3.8, 4) is 0 Å². The summed E-state index contributed by atoms with van der Waals surface area (Å²) in [4.78, 5) is 0. The van der Waals surface area contributed by atoms with Crippen LogP contribution >= 0.6 is 0 Å². The van der Waals surface area contributed by atoms with E-state index in [1.165, 1.54) is 0 Å². The summed E-state index contributed by atoms with van der Waals surface area (Å²) in [5.74, 6) is 0. The van der Waals surface area contributed by atoms with Crippen molar-refractivity contribution in [3.05, 3.63) is 41.7 Å². The van der Waals surface area contributed by atoms with Crippen molar-refractivity contribution >= 4 is 0 Å². The zero-order chi connectivity index (χ0) is 6.97. The van der Waals surface area contributed by atoms with Crippen molar-refractivity contribution in [2.24, 2.45) is 0 Å². The number of benzene rings is 1. The first kappa shape index (κ1) is 5.89. The van der Waals surface area contributed by atoms with Crippen molar-refractivity contribution in [1.82, 2.24) is 0 Å². The van der Waals surface area contributed by atoms with Crippen LogP contribution in [0.2, 0.25) is 0 Å². The second-order valence-electron chi connectivity index (χ2n) is 2.25. The third-order valence-electron chi connectivity index (χ3n) is 1.61. The molecule has 0 spiro atoms. The van der Waals surface area contributed by atoms with Gasteiger partial charge in [0.15, 0.2) is 0 Å². The molecule has 51 valence electrons. The Morgan fingerprint density at radius 3 is 2.90 bits per heavy atom. The minimum Gasteiger partial charge on any atom is -0.357 e. The predicted octanol–water partition coefficient (Wildman–Crippen LogP) is 1.43. The number of ether oxygens (including phenoxy) is 1. The van der Waals surface area contributed by atoms with Crippen LogP contribution in [0.15, 0.2) is 24.3 Å². The zero-order valence-corrected chi connectivity index (χ0v) is 5.37. The summed E-state index contributed by atoms with van der Waals surface area (Å²) in [6.07, 6.45) is 0.0515. The quantitative estimate of drug-likeness (QED) is 0.583. The Labute approximate surface area is 59.1 Å². The lowest BCUT2D eigenvalue weighted by Crippen LogP contribution is -1.92. The first-order chi connectivity index (χ1) is 4.88. The Balaban J connectivity index is 2.51. The highest BCUT2D eigenvalue weighted by Crippen LogP contribution is 2.26. The van der Waals surface area contributed by atoms with Gasteiger partial charge in [0.2, 0.25) is 0 Å². The average Bonchev–Trinajstić information content (AvgIpc) is 2.34. The van der Waals surface area contributed by atoms with Crippen LogP contribution in [-0.4, -0.2) is 5.11 Å². The largest absolute Gasteiger partial charge is 0.357 e. The Morgan fingerprint density at radius 1 is 1.30 bits per heavy atom. The molecule has 2 nitrogen and oxygen atoms in total. The third kappa shape index (κ3) is 0.735. The summed E-state index contributed by atoms with van der Waals surface area (Å²) in [5, 5.41) is 9.08. The summed E-state index contributed by atoms with van der Waals surface area (Å²) in [7, 11) is 0. The predicted molar refractivity (Wildman–Crippen MR) is 35.5 cm³/mol. The van der Waals surface area contributed by atoms with E-state index in [1.807, 2.05) is 24.3 Å². The number of aliphatic hydroxyl groups excluding tert-OH is 1. The normalized spacial score (nSPS) is 17.3. The van der Waals surface area contributed by atoms with Crippen molar-refractivity contribution in [1.29, 1.82) is 0 Å². The van der Waals surface area contributed by atoms with Gasteiger partial charge in [0.25, 0.3) is 6.29 Å². The molecule has 1 aliphatic heterocycles. The van der Waals surface area contributed by atoms with E-state index in [9.17, 15) is 0 Å². The minimum absolute atomic E-state index is 0.0515. The van der Waals surface area contributed by atoms with Gasteiger partial charge in [-0.2, -0.15) is 0 Å². The Bertz CT molecular complexity index is 245. The van der Waals surface area contributed by atoms with Crippen LogP contribution in [0.1, 0.15) is 11.1 Å². The lowest BCUT2D eigenvalue weighted by atomic mass is 10.1. The highest BCUT2D eigenvalue weighted by Gasteiger charge is 2.20. The molecule has 1 aliphatic rings. The molecule has 1 aromatic carbocycles. The summed E-state index contributed by atoms with van der Waals surface area (Å²) in [6, 6.07) is 7.60.